The molecule has 10 heavy (non-hydrogen) atoms. The first-order valence-electron chi connectivity index (χ1n) is 3.37. The van der Waals surface area contributed by atoms with E-state index in [1.54, 1.807) is 7.11 Å². The Balaban J connectivity index is 4.20. The Kier molecular flexibility index (Phi) is 3.41. The second-order valence-corrected chi connectivity index (χ2v) is 2.51. The van der Waals surface area contributed by atoms with Crippen LogP contribution >= 0.6 is 0 Å². The quantitative estimate of drug-likeness (QED) is 0.589. The zero-order valence-electron chi connectivity index (χ0n) is 6.85. The van der Waals surface area contributed by atoms with E-state index in [4.69, 9.17) is 16.9 Å². The summed E-state index contributed by atoms with van der Waals surface area (Å²) in [5, 5.41) is 0. The van der Waals surface area contributed by atoms with Gasteiger partial charge in [0.15, 0.2) is 0 Å². The van der Waals surface area contributed by atoms with E-state index in [0.717, 1.165) is 6.42 Å². The predicted molar refractivity (Wildman–Crippen MR) is 42.5 cm³/mol. The zero-order valence-corrected chi connectivity index (χ0v) is 6.85. The summed E-state index contributed by atoms with van der Waals surface area (Å²) in [6.07, 6.45) is 5.98. The van der Waals surface area contributed by atoms with Crippen LogP contribution < -0.4 is 5.73 Å². The molecule has 2 nitrogen and oxygen atoms in total. The molecule has 2 heteroatoms. The van der Waals surface area contributed by atoms with Gasteiger partial charge in [0.1, 0.15) is 0 Å². The number of hydrogen-bond donors (Lipinski definition) is 1. The van der Waals surface area contributed by atoms with E-state index in [1.165, 1.54) is 0 Å². The van der Waals surface area contributed by atoms with Crippen molar-refractivity contribution in [3.8, 4) is 12.3 Å². The predicted octanol–water partition coefficient (Wildman–Crippen LogP) is 0.762. The number of terminal acetylenes is 1. The van der Waals surface area contributed by atoms with Crippen LogP contribution in [-0.2, 0) is 4.74 Å². The van der Waals surface area contributed by atoms with Crippen LogP contribution in [0, 0.1) is 12.3 Å². The van der Waals surface area contributed by atoms with Crippen molar-refractivity contribution in [1.82, 2.24) is 0 Å². The summed E-state index contributed by atoms with van der Waals surface area (Å²) >= 11 is 0. The monoisotopic (exact) mass is 141 g/mol. The largest absolute Gasteiger partial charge is 0.376 e. The molecule has 0 heterocycles. The van der Waals surface area contributed by atoms with Gasteiger partial charge in [-0.3, -0.25) is 0 Å². The van der Waals surface area contributed by atoms with Crippen LogP contribution in [0.1, 0.15) is 20.3 Å². The van der Waals surface area contributed by atoms with Crippen molar-refractivity contribution in [1.29, 1.82) is 0 Å². The molecule has 0 saturated carbocycles. The Morgan fingerprint density at radius 3 is 2.40 bits per heavy atom. The lowest BCUT2D eigenvalue weighted by Gasteiger charge is -2.29. The maximum Gasteiger partial charge on any atom is 0.0953 e. The standard InChI is InChI=1S/C8H15NO/c1-5-7(9)8(3,6-2)10-4/h1,7H,6,9H2,2-4H3. The zero-order chi connectivity index (χ0) is 8.20. The molecule has 0 amide bonds. The molecule has 0 saturated heterocycles. The highest BCUT2D eigenvalue weighted by Crippen LogP contribution is 2.16. The summed E-state index contributed by atoms with van der Waals surface area (Å²) in [5.74, 6) is 2.46. The molecule has 0 radical (unpaired) electrons. The molecule has 0 aliphatic heterocycles. The van der Waals surface area contributed by atoms with Crippen molar-refractivity contribution >= 4 is 0 Å². The smallest absolute Gasteiger partial charge is 0.0953 e. The van der Waals surface area contributed by atoms with Gasteiger partial charge in [-0.2, -0.15) is 0 Å². The van der Waals surface area contributed by atoms with Crippen LogP contribution in [0.5, 0.6) is 0 Å². The fraction of sp³-hybridized carbons (Fsp3) is 0.750. The maximum absolute atomic E-state index is 5.61. The van der Waals surface area contributed by atoms with Crippen LogP contribution in [0.4, 0.5) is 0 Å². The van der Waals surface area contributed by atoms with Gasteiger partial charge in [-0.15, -0.1) is 6.42 Å². The first kappa shape index (κ1) is 9.48. The fourth-order valence-corrected chi connectivity index (χ4v) is 0.667. The minimum Gasteiger partial charge on any atom is -0.376 e. The highest BCUT2D eigenvalue weighted by atomic mass is 16.5. The van der Waals surface area contributed by atoms with Crippen LogP contribution in [0.3, 0.4) is 0 Å². The first-order valence-corrected chi connectivity index (χ1v) is 3.37. The lowest BCUT2D eigenvalue weighted by atomic mass is 9.95. The Bertz CT molecular complexity index is 133. The minimum atomic E-state index is -0.366. The van der Waals surface area contributed by atoms with Gasteiger partial charge in [0.2, 0.25) is 0 Å². The van der Waals surface area contributed by atoms with Crippen molar-refractivity contribution in [3.63, 3.8) is 0 Å². The van der Waals surface area contributed by atoms with Crippen molar-refractivity contribution in [2.45, 2.75) is 31.9 Å². The van der Waals surface area contributed by atoms with Crippen molar-refractivity contribution in [3.05, 3.63) is 0 Å². The molecule has 0 bridgehead atoms. The van der Waals surface area contributed by atoms with Crippen molar-refractivity contribution in [2.75, 3.05) is 7.11 Å². The van der Waals surface area contributed by atoms with Crippen molar-refractivity contribution < 1.29 is 4.74 Å². The van der Waals surface area contributed by atoms with Gasteiger partial charge in [-0.1, -0.05) is 12.8 Å². The highest BCUT2D eigenvalue weighted by molar-refractivity contribution is 5.06. The molecular formula is C8H15NO. The van der Waals surface area contributed by atoms with E-state index in [2.05, 4.69) is 5.92 Å². The van der Waals surface area contributed by atoms with Gasteiger partial charge in [0.25, 0.3) is 0 Å². The van der Waals surface area contributed by atoms with Crippen LogP contribution in [0.15, 0.2) is 0 Å². The summed E-state index contributed by atoms with van der Waals surface area (Å²) in [6.45, 7) is 3.91. The Hall–Kier alpha value is -0.520. The second-order valence-electron chi connectivity index (χ2n) is 2.51. The van der Waals surface area contributed by atoms with Gasteiger partial charge in [-0.25, -0.2) is 0 Å². The third-order valence-corrected chi connectivity index (χ3v) is 2.01. The highest BCUT2D eigenvalue weighted by Gasteiger charge is 2.27. The van der Waals surface area contributed by atoms with Gasteiger partial charge in [0, 0.05) is 7.11 Å². The molecule has 2 atom stereocenters. The lowest BCUT2D eigenvalue weighted by Crippen LogP contribution is -2.45. The van der Waals surface area contributed by atoms with Gasteiger partial charge in [0.05, 0.1) is 11.6 Å². The average Bonchev–Trinajstić information content (AvgIpc) is 2.01. The molecular weight excluding hydrogens is 126 g/mol. The Morgan fingerprint density at radius 2 is 2.30 bits per heavy atom. The number of nitrogens with two attached hydrogens (primary N) is 1. The minimum absolute atomic E-state index is 0.317. The van der Waals surface area contributed by atoms with E-state index < -0.39 is 0 Å². The third kappa shape index (κ3) is 1.73. The van der Waals surface area contributed by atoms with E-state index in [1.807, 2.05) is 13.8 Å². The van der Waals surface area contributed by atoms with Gasteiger partial charge >= 0.3 is 0 Å². The van der Waals surface area contributed by atoms with E-state index in [9.17, 15) is 0 Å². The third-order valence-electron chi connectivity index (χ3n) is 2.01. The Morgan fingerprint density at radius 1 is 1.80 bits per heavy atom. The summed E-state index contributed by atoms with van der Waals surface area (Å²) in [7, 11) is 1.63. The van der Waals surface area contributed by atoms with Crippen LogP contribution in [0.2, 0.25) is 0 Å². The molecule has 0 aromatic rings. The van der Waals surface area contributed by atoms with Crippen LogP contribution in [0.25, 0.3) is 0 Å². The normalized spacial score (nSPS) is 19.1. The molecule has 2 N–H and O–H groups in total. The number of hydrogen-bond acceptors (Lipinski definition) is 2. The molecule has 0 aliphatic rings. The summed E-state index contributed by atoms with van der Waals surface area (Å²) in [6, 6.07) is -0.317. The van der Waals surface area contributed by atoms with E-state index in [0.29, 0.717) is 0 Å². The van der Waals surface area contributed by atoms with E-state index >= 15 is 0 Å². The summed E-state index contributed by atoms with van der Waals surface area (Å²) in [4.78, 5) is 0. The molecule has 0 aromatic carbocycles. The maximum atomic E-state index is 5.61. The van der Waals surface area contributed by atoms with Gasteiger partial charge < -0.3 is 10.5 Å². The first-order chi connectivity index (χ1) is 4.60. The summed E-state index contributed by atoms with van der Waals surface area (Å²) < 4.78 is 5.17. The van der Waals surface area contributed by atoms with Gasteiger partial charge in [-0.05, 0) is 13.3 Å². The molecule has 0 aliphatic carbocycles. The number of rotatable bonds is 3. The van der Waals surface area contributed by atoms with Crippen LogP contribution in [-0.4, -0.2) is 18.8 Å². The second kappa shape index (κ2) is 3.60. The lowest BCUT2D eigenvalue weighted by molar-refractivity contribution is -0.00489. The molecule has 0 aromatic heterocycles. The van der Waals surface area contributed by atoms with Crippen molar-refractivity contribution in [2.24, 2.45) is 5.73 Å². The molecule has 0 spiro atoms. The fourth-order valence-electron chi connectivity index (χ4n) is 0.667. The van der Waals surface area contributed by atoms with E-state index in [-0.39, 0.29) is 11.6 Å². The SMILES string of the molecule is C#CC(N)C(C)(CC)OC. The number of ether oxygens (including phenoxy) is 1. The molecule has 58 valence electrons. The topological polar surface area (TPSA) is 35.2 Å². The summed E-state index contributed by atoms with van der Waals surface area (Å²) in [5.41, 5.74) is 5.25. The number of methoxy groups -OCH3 is 1. The molecule has 0 fully saturated rings. The average molecular weight is 141 g/mol. The molecule has 0 rings (SSSR count). The Labute approximate surface area is 62.7 Å². The molecule has 2 unspecified atom stereocenters.